The van der Waals surface area contributed by atoms with Crippen LogP contribution in [0.5, 0.6) is 0 Å². The lowest BCUT2D eigenvalue weighted by Gasteiger charge is -2.29. The molecule has 3 nitrogen and oxygen atoms in total. The second-order valence-electron chi connectivity index (χ2n) is 4.35. The highest BCUT2D eigenvalue weighted by atomic mass is 35.5. The number of hydrogen-bond acceptors (Lipinski definition) is 4. The van der Waals surface area contributed by atoms with Crippen LogP contribution in [0.15, 0.2) is 18.5 Å². The quantitative estimate of drug-likeness (QED) is 0.652. The summed E-state index contributed by atoms with van der Waals surface area (Å²) in [5.41, 5.74) is 4.07. The molecule has 17 heavy (non-hydrogen) atoms. The summed E-state index contributed by atoms with van der Waals surface area (Å²) < 4.78 is 0. The van der Waals surface area contributed by atoms with Gasteiger partial charge in [0.2, 0.25) is 0 Å². The number of nitrogens with zero attached hydrogens (tertiary/aromatic N) is 1. The van der Waals surface area contributed by atoms with E-state index in [1.54, 1.807) is 12.4 Å². The van der Waals surface area contributed by atoms with Gasteiger partial charge in [0, 0.05) is 23.7 Å². The summed E-state index contributed by atoms with van der Waals surface area (Å²) in [6.45, 7) is 0. The third-order valence-electron chi connectivity index (χ3n) is 3.17. The zero-order chi connectivity index (χ0) is 12.1. The molecule has 2 atom stereocenters. The van der Waals surface area contributed by atoms with Crippen LogP contribution in [0, 0.1) is 0 Å². The van der Waals surface area contributed by atoms with Crippen molar-refractivity contribution in [2.45, 2.75) is 37.0 Å². The molecule has 1 aromatic heterocycles. The maximum Gasteiger partial charge on any atom is 0.0621 e. The Labute approximate surface area is 111 Å². The van der Waals surface area contributed by atoms with Gasteiger partial charge in [-0.05, 0) is 36.6 Å². The van der Waals surface area contributed by atoms with E-state index in [2.05, 4.69) is 10.4 Å². The summed E-state index contributed by atoms with van der Waals surface area (Å²) in [4.78, 5) is 4.00. The molecule has 94 valence electrons. The summed E-state index contributed by atoms with van der Waals surface area (Å²) in [7, 11) is 0. The van der Waals surface area contributed by atoms with Crippen molar-refractivity contribution in [1.29, 1.82) is 0 Å². The predicted molar refractivity (Wildman–Crippen MR) is 74.2 cm³/mol. The van der Waals surface area contributed by atoms with E-state index in [1.807, 2.05) is 17.8 Å². The second-order valence-corrected chi connectivity index (χ2v) is 6.10. The second kappa shape index (κ2) is 6.59. The van der Waals surface area contributed by atoms with E-state index in [4.69, 9.17) is 17.4 Å². The molecule has 0 amide bonds. The fraction of sp³-hybridized carbons (Fsp3) is 0.583. The van der Waals surface area contributed by atoms with Crippen LogP contribution in [0.1, 0.15) is 24.8 Å². The third-order valence-corrected chi connectivity index (χ3v) is 5.03. The maximum absolute atomic E-state index is 6.13. The molecule has 5 heteroatoms. The first-order valence-electron chi connectivity index (χ1n) is 5.97. The molecule has 1 aliphatic rings. The fourth-order valence-corrected chi connectivity index (χ4v) is 3.80. The molecule has 1 aromatic rings. The number of rotatable bonds is 4. The van der Waals surface area contributed by atoms with Gasteiger partial charge >= 0.3 is 0 Å². The molecule has 2 unspecified atom stereocenters. The van der Waals surface area contributed by atoms with E-state index in [0.717, 1.165) is 17.0 Å². The lowest BCUT2D eigenvalue weighted by molar-refractivity contribution is 0.472. The normalized spacial score (nSPS) is 22.4. The van der Waals surface area contributed by atoms with Crippen LogP contribution in [-0.2, 0) is 6.42 Å². The predicted octanol–water partition coefficient (Wildman–Crippen LogP) is 2.40. The average Bonchev–Trinajstić information content (AvgIpc) is 2.39. The molecule has 1 aliphatic heterocycles. The number of hydrogen-bond donors (Lipinski definition) is 2. The van der Waals surface area contributed by atoms with Crippen LogP contribution >= 0.6 is 23.4 Å². The van der Waals surface area contributed by atoms with Crippen LogP contribution < -0.4 is 11.3 Å². The topological polar surface area (TPSA) is 50.9 Å². The Morgan fingerprint density at radius 2 is 2.47 bits per heavy atom. The molecule has 3 N–H and O–H groups in total. The monoisotopic (exact) mass is 271 g/mol. The Morgan fingerprint density at radius 3 is 3.12 bits per heavy atom. The van der Waals surface area contributed by atoms with Crippen LogP contribution in [0.2, 0.25) is 5.02 Å². The highest BCUT2D eigenvalue weighted by Crippen LogP contribution is 2.29. The standard InChI is InChI=1S/C12H18ClN3S/c13-10-8-15-5-4-9(10)7-11(16-14)12-3-1-2-6-17-12/h4-5,8,11-12,16H,1-3,6-7,14H2. The largest absolute Gasteiger partial charge is 0.271 e. The van der Waals surface area contributed by atoms with Gasteiger partial charge in [-0.3, -0.25) is 16.3 Å². The minimum absolute atomic E-state index is 0.292. The zero-order valence-corrected chi connectivity index (χ0v) is 11.3. The molecule has 1 fully saturated rings. The van der Waals surface area contributed by atoms with E-state index in [-0.39, 0.29) is 0 Å². The SMILES string of the molecule is NNC(Cc1ccncc1Cl)C1CCCCS1. The lowest BCUT2D eigenvalue weighted by atomic mass is 10.0. The molecular formula is C12H18ClN3S. The first-order valence-corrected chi connectivity index (χ1v) is 7.40. The summed E-state index contributed by atoms with van der Waals surface area (Å²) in [5, 5.41) is 1.33. The van der Waals surface area contributed by atoms with Crippen molar-refractivity contribution in [3.63, 3.8) is 0 Å². The van der Waals surface area contributed by atoms with Crippen molar-refractivity contribution in [1.82, 2.24) is 10.4 Å². The molecule has 0 aliphatic carbocycles. The number of aromatic nitrogens is 1. The smallest absolute Gasteiger partial charge is 0.0621 e. The minimum atomic E-state index is 0.292. The molecule has 0 bridgehead atoms. The Hall–Kier alpha value is -0.290. The van der Waals surface area contributed by atoms with Crippen LogP contribution in [-0.4, -0.2) is 22.0 Å². The minimum Gasteiger partial charge on any atom is -0.271 e. The highest BCUT2D eigenvalue weighted by Gasteiger charge is 2.24. The van der Waals surface area contributed by atoms with Crippen molar-refractivity contribution in [3.05, 3.63) is 29.0 Å². The molecule has 0 aromatic carbocycles. The Morgan fingerprint density at radius 1 is 1.59 bits per heavy atom. The lowest BCUT2D eigenvalue weighted by Crippen LogP contribution is -2.45. The van der Waals surface area contributed by atoms with Crippen LogP contribution in [0.3, 0.4) is 0 Å². The molecule has 0 radical (unpaired) electrons. The van der Waals surface area contributed by atoms with Crippen molar-refractivity contribution < 1.29 is 0 Å². The summed E-state index contributed by atoms with van der Waals surface area (Å²) >= 11 is 8.15. The number of nitrogens with two attached hydrogens (primary N) is 1. The first kappa shape index (κ1) is 13.1. The number of halogens is 1. The van der Waals surface area contributed by atoms with Gasteiger partial charge in [0.15, 0.2) is 0 Å². The zero-order valence-electron chi connectivity index (χ0n) is 9.73. The van der Waals surface area contributed by atoms with Crippen LogP contribution in [0.4, 0.5) is 0 Å². The number of nitrogens with one attached hydrogen (secondary N) is 1. The molecule has 2 rings (SSSR count). The van der Waals surface area contributed by atoms with E-state index < -0.39 is 0 Å². The Kier molecular flexibility index (Phi) is 5.10. The van der Waals surface area contributed by atoms with Gasteiger partial charge < -0.3 is 0 Å². The molecule has 1 saturated heterocycles. The van der Waals surface area contributed by atoms with Gasteiger partial charge in [-0.25, -0.2) is 0 Å². The Bertz CT molecular complexity index is 355. The molecule has 0 spiro atoms. The van der Waals surface area contributed by atoms with E-state index >= 15 is 0 Å². The average molecular weight is 272 g/mol. The van der Waals surface area contributed by atoms with Crippen molar-refractivity contribution in [2.75, 3.05) is 5.75 Å². The van der Waals surface area contributed by atoms with Gasteiger partial charge in [0.25, 0.3) is 0 Å². The van der Waals surface area contributed by atoms with Gasteiger partial charge in [-0.1, -0.05) is 18.0 Å². The summed E-state index contributed by atoms with van der Waals surface area (Å²) in [6, 6.07) is 2.26. The Balaban J connectivity index is 2.01. The number of pyridine rings is 1. The molecule has 2 heterocycles. The van der Waals surface area contributed by atoms with Crippen LogP contribution in [0.25, 0.3) is 0 Å². The van der Waals surface area contributed by atoms with E-state index in [1.165, 1.54) is 25.0 Å². The number of thioether (sulfide) groups is 1. The van der Waals surface area contributed by atoms with Gasteiger partial charge in [-0.15, -0.1) is 0 Å². The van der Waals surface area contributed by atoms with Gasteiger partial charge in [-0.2, -0.15) is 11.8 Å². The van der Waals surface area contributed by atoms with Crippen molar-refractivity contribution in [3.8, 4) is 0 Å². The third kappa shape index (κ3) is 3.58. The first-order chi connectivity index (χ1) is 8.31. The van der Waals surface area contributed by atoms with Crippen molar-refractivity contribution >= 4 is 23.4 Å². The van der Waals surface area contributed by atoms with E-state index in [9.17, 15) is 0 Å². The molecule has 0 saturated carbocycles. The van der Waals surface area contributed by atoms with Gasteiger partial charge in [0.1, 0.15) is 0 Å². The van der Waals surface area contributed by atoms with Gasteiger partial charge in [0.05, 0.1) is 5.02 Å². The van der Waals surface area contributed by atoms with Crippen molar-refractivity contribution in [2.24, 2.45) is 5.84 Å². The molecular weight excluding hydrogens is 254 g/mol. The summed E-state index contributed by atoms with van der Waals surface area (Å²) in [5.74, 6) is 6.92. The maximum atomic E-state index is 6.13. The fourth-order valence-electron chi connectivity index (χ4n) is 2.19. The summed E-state index contributed by atoms with van der Waals surface area (Å²) in [6.07, 6.45) is 8.22. The van der Waals surface area contributed by atoms with E-state index in [0.29, 0.717) is 11.3 Å². The highest BCUT2D eigenvalue weighted by molar-refractivity contribution is 8.00. The number of hydrazine groups is 1.